The van der Waals surface area contributed by atoms with Crippen LogP contribution in [0.4, 0.5) is 18.9 Å². The number of benzene rings is 2. The van der Waals surface area contributed by atoms with Crippen molar-refractivity contribution >= 4 is 11.6 Å². The van der Waals surface area contributed by atoms with Gasteiger partial charge in [-0.3, -0.25) is 4.79 Å². The largest absolute Gasteiger partial charge is 0.416 e. The van der Waals surface area contributed by atoms with Crippen LogP contribution < -0.4 is 5.32 Å². The fourth-order valence-electron chi connectivity index (χ4n) is 2.10. The van der Waals surface area contributed by atoms with Crippen molar-refractivity contribution in [2.45, 2.75) is 26.9 Å². The zero-order valence-corrected chi connectivity index (χ0v) is 12.5. The molecule has 0 fully saturated rings. The monoisotopic (exact) mass is 307 g/mol. The average molecular weight is 307 g/mol. The Labute approximate surface area is 127 Å². The number of alkyl halides is 3. The Morgan fingerprint density at radius 1 is 0.955 bits per heavy atom. The predicted molar refractivity (Wildman–Crippen MR) is 80.1 cm³/mol. The second-order valence-electron chi connectivity index (χ2n) is 5.34. The Balaban J connectivity index is 2.28. The Morgan fingerprint density at radius 2 is 1.64 bits per heavy atom. The maximum atomic E-state index is 12.8. The first-order chi connectivity index (χ1) is 10.2. The number of anilines is 1. The van der Waals surface area contributed by atoms with Gasteiger partial charge in [0.1, 0.15) is 0 Å². The van der Waals surface area contributed by atoms with Crippen LogP contribution in [0.5, 0.6) is 0 Å². The van der Waals surface area contributed by atoms with Crippen LogP contribution in [0.3, 0.4) is 0 Å². The van der Waals surface area contributed by atoms with Gasteiger partial charge >= 0.3 is 6.18 Å². The molecule has 2 aromatic rings. The molecule has 0 radical (unpaired) electrons. The van der Waals surface area contributed by atoms with E-state index >= 15 is 0 Å². The molecule has 0 aliphatic rings. The molecule has 0 heterocycles. The van der Waals surface area contributed by atoms with Gasteiger partial charge in [-0.25, -0.2) is 0 Å². The lowest BCUT2D eigenvalue weighted by Crippen LogP contribution is -2.14. The molecule has 0 spiro atoms. The molecule has 1 N–H and O–H groups in total. The second-order valence-corrected chi connectivity index (χ2v) is 5.34. The highest BCUT2D eigenvalue weighted by molar-refractivity contribution is 6.04. The van der Waals surface area contributed by atoms with E-state index in [1.165, 1.54) is 6.07 Å². The van der Waals surface area contributed by atoms with Crippen molar-refractivity contribution in [3.63, 3.8) is 0 Å². The van der Waals surface area contributed by atoms with E-state index in [1.807, 2.05) is 19.9 Å². The van der Waals surface area contributed by atoms with Crippen LogP contribution in [0.1, 0.15) is 32.6 Å². The summed E-state index contributed by atoms with van der Waals surface area (Å²) in [5, 5.41) is 2.52. The Kier molecular flexibility index (Phi) is 4.26. The molecule has 0 aliphatic heterocycles. The molecule has 22 heavy (non-hydrogen) atoms. The minimum atomic E-state index is -4.44. The SMILES string of the molecule is Cc1cc(NC(=O)c2ccc(C)c(C)c2)cc(C(F)(F)F)c1. The highest BCUT2D eigenvalue weighted by atomic mass is 19.4. The Bertz CT molecular complexity index is 720. The fourth-order valence-corrected chi connectivity index (χ4v) is 2.10. The van der Waals surface area contributed by atoms with Gasteiger partial charge in [0.05, 0.1) is 5.56 Å². The van der Waals surface area contributed by atoms with Crippen LogP contribution in [0, 0.1) is 20.8 Å². The lowest BCUT2D eigenvalue weighted by molar-refractivity contribution is -0.137. The lowest BCUT2D eigenvalue weighted by atomic mass is 10.1. The number of aryl methyl sites for hydroxylation is 3. The summed E-state index contributed by atoms with van der Waals surface area (Å²) in [6, 6.07) is 8.66. The highest BCUT2D eigenvalue weighted by Crippen LogP contribution is 2.32. The topological polar surface area (TPSA) is 29.1 Å². The molecule has 0 aromatic heterocycles. The van der Waals surface area contributed by atoms with Crippen molar-refractivity contribution < 1.29 is 18.0 Å². The van der Waals surface area contributed by atoms with Crippen LogP contribution in [0.25, 0.3) is 0 Å². The first kappa shape index (κ1) is 16.1. The van der Waals surface area contributed by atoms with Crippen LogP contribution in [0.2, 0.25) is 0 Å². The second kappa shape index (κ2) is 5.83. The van der Waals surface area contributed by atoms with Crippen molar-refractivity contribution in [1.29, 1.82) is 0 Å². The normalized spacial score (nSPS) is 11.4. The minimum Gasteiger partial charge on any atom is -0.322 e. The minimum absolute atomic E-state index is 0.135. The van der Waals surface area contributed by atoms with Gasteiger partial charge in [0.25, 0.3) is 5.91 Å². The molecule has 0 saturated carbocycles. The van der Waals surface area contributed by atoms with Gasteiger partial charge < -0.3 is 5.32 Å². The number of carbonyl (C=O) groups excluding carboxylic acids is 1. The summed E-state index contributed by atoms with van der Waals surface area (Å²) in [5.74, 6) is -0.429. The maximum absolute atomic E-state index is 12.8. The van der Waals surface area contributed by atoms with E-state index in [1.54, 1.807) is 19.1 Å². The molecule has 116 valence electrons. The van der Waals surface area contributed by atoms with Gasteiger partial charge in [0, 0.05) is 11.3 Å². The standard InChI is InChI=1S/C17H16F3NO/c1-10-6-14(17(18,19)20)9-15(7-10)21-16(22)13-5-4-11(2)12(3)8-13/h4-9H,1-3H3,(H,21,22). The van der Waals surface area contributed by atoms with Crippen molar-refractivity contribution in [1.82, 2.24) is 0 Å². The zero-order chi connectivity index (χ0) is 16.5. The number of amides is 1. The van der Waals surface area contributed by atoms with Crippen LogP contribution in [-0.4, -0.2) is 5.91 Å². The Morgan fingerprint density at radius 3 is 2.23 bits per heavy atom. The summed E-state index contributed by atoms with van der Waals surface area (Å²) < 4.78 is 38.4. The van der Waals surface area contributed by atoms with Gasteiger partial charge in [-0.05, 0) is 67.8 Å². The average Bonchev–Trinajstić information content (AvgIpc) is 2.40. The third-order valence-electron chi connectivity index (χ3n) is 3.43. The van der Waals surface area contributed by atoms with Gasteiger partial charge in [-0.15, -0.1) is 0 Å². The van der Waals surface area contributed by atoms with E-state index in [0.717, 1.165) is 23.3 Å². The third kappa shape index (κ3) is 3.67. The summed E-state index contributed by atoms with van der Waals surface area (Å²) in [4.78, 5) is 12.2. The number of hydrogen-bond acceptors (Lipinski definition) is 1. The smallest absolute Gasteiger partial charge is 0.322 e. The quantitative estimate of drug-likeness (QED) is 0.841. The molecular formula is C17H16F3NO. The fraction of sp³-hybridized carbons (Fsp3) is 0.235. The molecule has 0 atom stereocenters. The highest BCUT2D eigenvalue weighted by Gasteiger charge is 2.31. The summed E-state index contributed by atoms with van der Waals surface area (Å²) in [6.07, 6.45) is -4.44. The number of hydrogen-bond donors (Lipinski definition) is 1. The van der Waals surface area contributed by atoms with E-state index in [-0.39, 0.29) is 5.69 Å². The van der Waals surface area contributed by atoms with Crippen molar-refractivity contribution in [3.05, 3.63) is 64.2 Å². The number of rotatable bonds is 2. The number of nitrogens with one attached hydrogen (secondary N) is 1. The van der Waals surface area contributed by atoms with Gasteiger partial charge in [0.15, 0.2) is 0 Å². The molecule has 1 amide bonds. The maximum Gasteiger partial charge on any atom is 0.416 e. The van der Waals surface area contributed by atoms with E-state index in [0.29, 0.717) is 11.1 Å². The van der Waals surface area contributed by atoms with E-state index < -0.39 is 17.6 Å². The lowest BCUT2D eigenvalue weighted by Gasteiger charge is -2.12. The molecule has 0 saturated heterocycles. The van der Waals surface area contributed by atoms with E-state index in [2.05, 4.69) is 5.32 Å². The third-order valence-corrected chi connectivity index (χ3v) is 3.43. The van der Waals surface area contributed by atoms with Crippen LogP contribution in [0.15, 0.2) is 36.4 Å². The zero-order valence-electron chi connectivity index (χ0n) is 12.5. The van der Waals surface area contributed by atoms with Gasteiger partial charge in [-0.1, -0.05) is 6.07 Å². The van der Waals surface area contributed by atoms with Gasteiger partial charge in [0.2, 0.25) is 0 Å². The summed E-state index contributed by atoms with van der Waals surface area (Å²) in [6.45, 7) is 5.36. The molecule has 2 aromatic carbocycles. The molecule has 5 heteroatoms. The van der Waals surface area contributed by atoms with Crippen molar-refractivity contribution in [2.24, 2.45) is 0 Å². The first-order valence-corrected chi connectivity index (χ1v) is 6.74. The molecule has 2 rings (SSSR count). The molecular weight excluding hydrogens is 291 g/mol. The molecule has 0 aliphatic carbocycles. The molecule has 0 bridgehead atoms. The molecule has 0 unspecified atom stereocenters. The van der Waals surface area contributed by atoms with Crippen LogP contribution >= 0.6 is 0 Å². The van der Waals surface area contributed by atoms with Gasteiger partial charge in [-0.2, -0.15) is 13.2 Å². The van der Waals surface area contributed by atoms with Crippen molar-refractivity contribution in [3.8, 4) is 0 Å². The number of carbonyl (C=O) groups is 1. The summed E-state index contributed by atoms with van der Waals surface area (Å²) in [5.41, 5.74) is 2.21. The summed E-state index contributed by atoms with van der Waals surface area (Å²) >= 11 is 0. The van der Waals surface area contributed by atoms with Crippen molar-refractivity contribution in [2.75, 3.05) is 5.32 Å². The number of halogens is 3. The van der Waals surface area contributed by atoms with E-state index in [4.69, 9.17) is 0 Å². The summed E-state index contributed by atoms with van der Waals surface area (Å²) in [7, 11) is 0. The first-order valence-electron chi connectivity index (χ1n) is 6.74. The predicted octanol–water partition coefficient (Wildman–Crippen LogP) is 4.88. The van der Waals surface area contributed by atoms with E-state index in [9.17, 15) is 18.0 Å². The molecule has 2 nitrogen and oxygen atoms in total. The van der Waals surface area contributed by atoms with Crippen LogP contribution in [-0.2, 0) is 6.18 Å². The Hall–Kier alpha value is -2.30.